The van der Waals surface area contributed by atoms with Gasteiger partial charge in [-0.15, -0.1) is 0 Å². The number of hydrogen-bond donors (Lipinski definition) is 1. The van der Waals surface area contributed by atoms with Crippen LogP contribution in [0, 0.1) is 0 Å². The van der Waals surface area contributed by atoms with Crippen LogP contribution in [0.15, 0.2) is 53.4 Å². The Labute approximate surface area is 193 Å². The van der Waals surface area contributed by atoms with Gasteiger partial charge in [0, 0.05) is 5.56 Å². The van der Waals surface area contributed by atoms with Gasteiger partial charge in [-0.3, -0.25) is 0 Å². The smallest absolute Gasteiger partial charge is 0.435 e. The lowest BCUT2D eigenvalue weighted by Crippen LogP contribution is -2.14. The van der Waals surface area contributed by atoms with Gasteiger partial charge in [0.15, 0.2) is 15.5 Å². The van der Waals surface area contributed by atoms with Crippen molar-refractivity contribution >= 4 is 21.4 Å². The first-order chi connectivity index (χ1) is 15.6. The summed E-state index contributed by atoms with van der Waals surface area (Å²) in [6.07, 6.45) is -4.69. The van der Waals surface area contributed by atoms with E-state index in [1.54, 1.807) is 0 Å². The van der Waals surface area contributed by atoms with E-state index in [4.69, 9.17) is 26.2 Å². The molecule has 0 radical (unpaired) electrons. The van der Waals surface area contributed by atoms with E-state index < -0.39 is 21.7 Å². The van der Waals surface area contributed by atoms with E-state index in [0.717, 1.165) is 10.7 Å². The maximum absolute atomic E-state index is 13.4. The average molecular weight is 505 g/mol. The van der Waals surface area contributed by atoms with E-state index in [9.17, 15) is 21.6 Å². The Balaban J connectivity index is 1.98. The quantitative estimate of drug-likeness (QED) is 0.443. The minimum absolute atomic E-state index is 0.00606. The number of aliphatic hydroxyl groups excluding tert-OH is 1. The summed E-state index contributed by atoms with van der Waals surface area (Å²) in [6, 6.07) is 10.7. The largest absolute Gasteiger partial charge is 0.495 e. The molecule has 0 fully saturated rings. The Morgan fingerprint density at radius 1 is 1.09 bits per heavy atom. The number of methoxy groups -OCH3 is 1. The van der Waals surface area contributed by atoms with Crippen molar-refractivity contribution in [3.63, 3.8) is 0 Å². The van der Waals surface area contributed by atoms with Crippen molar-refractivity contribution < 1.29 is 36.2 Å². The molecule has 0 unspecified atom stereocenters. The highest BCUT2D eigenvalue weighted by Crippen LogP contribution is 2.35. The standard InChI is InChI=1S/C21H20ClF3N2O5S/c1-31-19-7-4-15(12-17(19)22)27-18(13-20(26-27)21(23,24)25)14-2-5-16(6-3-14)33(29,30)11-10-32-9-8-28/h2-7,12-13,28H,8-11H2,1H3. The highest BCUT2D eigenvalue weighted by Gasteiger charge is 2.35. The van der Waals surface area contributed by atoms with Crippen LogP contribution in [0.5, 0.6) is 5.75 Å². The summed E-state index contributed by atoms with van der Waals surface area (Å²) < 4.78 is 76.1. The van der Waals surface area contributed by atoms with Crippen molar-refractivity contribution in [2.75, 3.05) is 32.7 Å². The van der Waals surface area contributed by atoms with Gasteiger partial charge in [-0.1, -0.05) is 23.7 Å². The van der Waals surface area contributed by atoms with E-state index in [2.05, 4.69) is 5.10 Å². The SMILES string of the molecule is COc1ccc(-n2nc(C(F)(F)F)cc2-c2ccc(S(=O)(=O)CCOCCO)cc2)cc1Cl. The highest BCUT2D eigenvalue weighted by molar-refractivity contribution is 7.91. The van der Waals surface area contributed by atoms with Gasteiger partial charge in [-0.25, -0.2) is 13.1 Å². The Morgan fingerprint density at radius 2 is 1.79 bits per heavy atom. The summed E-state index contributed by atoms with van der Waals surface area (Å²) in [6.45, 7) is -0.290. The molecule has 0 aliphatic carbocycles. The predicted molar refractivity (Wildman–Crippen MR) is 116 cm³/mol. The van der Waals surface area contributed by atoms with Crippen molar-refractivity contribution in [3.8, 4) is 22.7 Å². The van der Waals surface area contributed by atoms with Crippen LogP contribution in [0.4, 0.5) is 13.2 Å². The molecule has 12 heteroatoms. The van der Waals surface area contributed by atoms with E-state index in [1.807, 2.05) is 0 Å². The molecule has 3 rings (SSSR count). The Bertz CT molecular complexity index is 1210. The zero-order chi connectivity index (χ0) is 24.2. The predicted octanol–water partition coefficient (Wildman–Crippen LogP) is 4.00. The lowest BCUT2D eigenvalue weighted by molar-refractivity contribution is -0.141. The summed E-state index contributed by atoms with van der Waals surface area (Å²) >= 11 is 6.13. The highest BCUT2D eigenvalue weighted by atomic mass is 35.5. The van der Waals surface area contributed by atoms with Crippen LogP contribution < -0.4 is 4.74 Å². The van der Waals surface area contributed by atoms with Gasteiger partial charge in [0.05, 0.1) is 54.0 Å². The molecule has 0 aliphatic rings. The second kappa shape index (κ2) is 10.1. The molecule has 2 aromatic carbocycles. The van der Waals surface area contributed by atoms with Gasteiger partial charge in [0.25, 0.3) is 0 Å². The number of benzene rings is 2. The van der Waals surface area contributed by atoms with E-state index in [0.29, 0.717) is 11.3 Å². The molecular weight excluding hydrogens is 485 g/mol. The van der Waals surface area contributed by atoms with Crippen molar-refractivity contribution in [2.24, 2.45) is 0 Å². The second-order valence-electron chi connectivity index (χ2n) is 6.82. The first kappa shape index (κ1) is 25.0. The number of alkyl halides is 3. The third-order valence-electron chi connectivity index (χ3n) is 4.62. The van der Waals surface area contributed by atoms with E-state index in [1.165, 1.54) is 49.6 Å². The van der Waals surface area contributed by atoms with Gasteiger partial charge in [0.2, 0.25) is 0 Å². The maximum atomic E-state index is 13.4. The number of ether oxygens (including phenoxy) is 2. The number of halogens is 4. The molecule has 0 aliphatic heterocycles. The van der Waals surface area contributed by atoms with Crippen LogP contribution in [0.3, 0.4) is 0 Å². The lowest BCUT2D eigenvalue weighted by atomic mass is 10.1. The summed E-state index contributed by atoms with van der Waals surface area (Å²) in [5.74, 6) is 0.0510. The minimum Gasteiger partial charge on any atom is -0.495 e. The van der Waals surface area contributed by atoms with Crippen LogP contribution in [-0.2, 0) is 20.8 Å². The molecule has 0 amide bonds. The number of rotatable bonds is 9. The fourth-order valence-corrected chi connectivity index (χ4v) is 4.37. The zero-order valence-corrected chi connectivity index (χ0v) is 18.9. The molecule has 1 heterocycles. The van der Waals surface area contributed by atoms with Crippen LogP contribution in [0.25, 0.3) is 16.9 Å². The molecule has 1 N–H and O–H groups in total. The number of sulfone groups is 1. The molecule has 178 valence electrons. The third-order valence-corrected chi connectivity index (χ3v) is 6.61. The fraction of sp³-hybridized carbons (Fsp3) is 0.286. The van der Waals surface area contributed by atoms with Crippen molar-refractivity contribution in [2.45, 2.75) is 11.1 Å². The van der Waals surface area contributed by atoms with Crippen molar-refractivity contribution in [1.29, 1.82) is 0 Å². The van der Waals surface area contributed by atoms with Crippen LogP contribution >= 0.6 is 11.6 Å². The van der Waals surface area contributed by atoms with Gasteiger partial charge < -0.3 is 14.6 Å². The van der Waals surface area contributed by atoms with E-state index in [-0.39, 0.29) is 46.9 Å². The van der Waals surface area contributed by atoms with Crippen LogP contribution in [-0.4, -0.2) is 56.0 Å². The molecule has 7 nitrogen and oxygen atoms in total. The fourth-order valence-electron chi connectivity index (χ4n) is 3.00. The third kappa shape index (κ3) is 5.85. The minimum atomic E-state index is -4.69. The Kier molecular flexibility index (Phi) is 7.68. The summed E-state index contributed by atoms with van der Waals surface area (Å²) in [7, 11) is -2.26. The number of nitrogens with zero attached hydrogens (tertiary/aromatic N) is 2. The number of hydrogen-bond acceptors (Lipinski definition) is 6. The van der Waals surface area contributed by atoms with Gasteiger partial charge in [0.1, 0.15) is 5.75 Å². The topological polar surface area (TPSA) is 90.7 Å². The number of aromatic nitrogens is 2. The Morgan fingerprint density at radius 3 is 2.36 bits per heavy atom. The van der Waals surface area contributed by atoms with Gasteiger partial charge in [-0.2, -0.15) is 18.3 Å². The lowest BCUT2D eigenvalue weighted by Gasteiger charge is -2.11. The van der Waals surface area contributed by atoms with Crippen molar-refractivity contribution in [1.82, 2.24) is 9.78 Å². The summed E-state index contributed by atoms with van der Waals surface area (Å²) in [5, 5.41) is 12.6. The molecule has 1 aromatic heterocycles. The average Bonchev–Trinajstić information content (AvgIpc) is 3.23. The van der Waals surface area contributed by atoms with Crippen LogP contribution in [0.2, 0.25) is 5.02 Å². The zero-order valence-electron chi connectivity index (χ0n) is 17.3. The van der Waals surface area contributed by atoms with Crippen LogP contribution in [0.1, 0.15) is 5.69 Å². The molecule has 0 spiro atoms. The first-order valence-corrected chi connectivity index (χ1v) is 11.6. The maximum Gasteiger partial charge on any atom is 0.435 e. The summed E-state index contributed by atoms with van der Waals surface area (Å²) in [4.78, 5) is -0.00606. The molecule has 33 heavy (non-hydrogen) atoms. The monoisotopic (exact) mass is 504 g/mol. The molecule has 3 aromatic rings. The van der Waals surface area contributed by atoms with Gasteiger partial charge >= 0.3 is 6.18 Å². The second-order valence-corrected chi connectivity index (χ2v) is 9.34. The normalized spacial score (nSPS) is 12.2. The van der Waals surface area contributed by atoms with E-state index >= 15 is 0 Å². The number of aliphatic hydroxyl groups is 1. The molecular formula is C21H20ClF3N2O5S. The molecule has 0 bridgehead atoms. The molecule has 0 atom stereocenters. The van der Waals surface area contributed by atoms with Crippen molar-refractivity contribution in [3.05, 3.63) is 59.2 Å². The van der Waals surface area contributed by atoms with Gasteiger partial charge in [-0.05, 0) is 36.4 Å². The molecule has 0 saturated carbocycles. The summed E-state index contributed by atoms with van der Waals surface area (Å²) in [5.41, 5.74) is -0.426. The molecule has 0 saturated heterocycles. The Hall–Kier alpha value is -2.60. The first-order valence-electron chi connectivity index (χ1n) is 9.60.